The van der Waals surface area contributed by atoms with Crippen molar-refractivity contribution in [1.82, 2.24) is 14.8 Å². The number of benzene rings is 1. The normalized spacial score (nSPS) is 22.9. The first-order valence-electron chi connectivity index (χ1n) is 13.1. The fraction of sp³-hybridized carbons (Fsp3) is 0.571. The van der Waals surface area contributed by atoms with Gasteiger partial charge in [-0.3, -0.25) is 9.69 Å². The summed E-state index contributed by atoms with van der Waals surface area (Å²) in [6.07, 6.45) is 10.8. The van der Waals surface area contributed by atoms with Gasteiger partial charge in [0.15, 0.2) is 0 Å². The topological polar surface area (TPSA) is 68.7 Å². The van der Waals surface area contributed by atoms with Crippen LogP contribution in [0.15, 0.2) is 36.5 Å². The number of pyridine rings is 1. The number of fused-ring (bicyclic) bond motifs is 3. The van der Waals surface area contributed by atoms with E-state index in [0.29, 0.717) is 25.7 Å². The second-order valence-electron chi connectivity index (χ2n) is 11.0. The molecule has 1 atom stereocenters. The SMILES string of the molecule is O=C1c2cc(NC3CCCCC3)ncc2C2(CC2)CN1CC(O)CN1CCc2ccccc2C1. The first-order chi connectivity index (χ1) is 16.6. The van der Waals surface area contributed by atoms with Gasteiger partial charge >= 0.3 is 0 Å². The van der Waals surface area contributed by atoms with Crippen LogP contribution in [0.3, 0.4) is 0 Å². The second kappa shape index (κ2) is 8.97. The maximum absolute atomic E-state index is 13.5. The van der Waals surface area contributed by atoms with Gasteiger partial charge in [-0.15, -0.1) is 0 Å². The number of carbonyl (C=O) groups is 1. The van der Waals surface area contributed by atoms with Gasteiger partial charge in [-0.1, -0.05) is 43.5 Å². The number of anilines is 1. The van der Waals surface area contributed by atoms with Crippen LogP contribution in [-0.4, -0.2) is 64.1 Å². The molecular formula is C28H36N4O2. The highest BCUT2D eigenvalue weighted by molar-refractivity contribution is 5.98. The number of aromatic nitrogens is 1. The Kier molecular flexibility index (Phi) is 5.82. The third-order valence-corrected chi connectivity index (χ3v) is 8.41. The lowest BCUT2D eigenvalue weighted by Gasteiger charge is -2.37. The fourth-order valence-corrected chi connectivity index (χ4v) is 6.33. The lowest BCUT2D eigenvalue weighted by atomic mass is 9.87. The van der Waals surface area contributed by atoms with Gasteiger partial charge in [0.25, 0.3) is 5.91 Å². The highest BCUT2D eigenvalue weighted by Crippen LogP contribution is 2.52. The van der Waals surface area contributed by atoms with Gasteiger partial charge in [0.05, 0.1) is 6.10 Å². The molecule has 180 valence electrons. The highest BCUT2D eigenvalue weighted by Gasteiger charge is 2.52. The largest absolute Gasteiger partial charge is 0.390 e. The number of aliphatic hydroxyl groups is 1. The van der Waals surface area contributed by atoms with Gasteiger partial charge in [-0.2, -0.15) is 0 Å². The third kappa shape index (κ3) is 4.34. The minimum absolute atomic E-state index is 0.0450. The molecule has 2 N–H and O–H groups in total. The zero-order chi connectivity index (χ0) is 23.1. The number of rotatable bonds is 6. The summed E-state index contributed by atoms with van der Waals surface area (Å²) in [7, 11) is 0. The first kappa shape index (κ1) is 22.1. The molecule has 2 saturated carbocycles. The zero-order valence-corrected chi connectivity index (χ0v) is 20.0. The van der Waals surface area contributed by atoms with Gasteiger partial charge in [0, 0.05) is 55.9 Å². The smallest absolute Gasteiger partial charge is 0.254 e. The summed E-state index contributed by atoms with van der Waals surface area (Å²) in [5, 5.41) is 14.5. The van der Waals surface area contributed by atoms with Gasteiger partial charge in [-0.25, -0.2) is 4.98 Å². The Labute approximate surface area is 202 Å². The number of nitrogens with zero attached hydrogens (tertiary/aromatic N) is 3. The number of amides is 1. The van der Waals surface area contributed by atoms with E-state index in [4.69, 9.17) is 4.98 Å². The molecule has 6 heteroatoms. The van der Waals surface area contributed by atoms with Crippen molar-refractivity contribution in [3.05, 3.63) is 58.8 Å². The molecule has 2 aliphatic heterocycles. The van der Waals surface area contributed by atoms with Crippen LogP contribution in [0.5, 0.6) is 0 Å². The van der Waals surface area contributed by atoms with Gasteiger partial charge in [0.2, 0.25) is 0 Å². The summed E-state index contributed by atoms with van der Waals surface area (Å²) in [6, 6.07) is 11.0. The maximum atomic E-state index is 13.5. The fourth-order valence-electron chi connectivity index (χ4n) is 6.33. The number of hydrogen-bond acceptors (Lipinski definition) is 5. The minimum atomic E-state index is -0.548. The molecule has 0 radical (unpaired) electrons. The van der Waals surface area contributed by atoms with Crippen LogP contribution in [0.4, 0.5) is 5.82 Å². The van der Waals surface area contributed by atoms with Crippen LogP contribution in [0.2, 0.25) is 0 Å². The minimum Gasteiger partial charge on any atom is -0.390 e. The summed E-state index contributed by atoms with van der Waals surface area (Å²) >= 11 is 0. The van der Waals surface area contributed by atoms with E-state index in [2.05, 4.69) is 34.5 Å². The molecule has 4 aliphatic rings. The van der Waals surface area contributed by atoms with E-state index in [-0.39, 0.29) is 11.3 Å². The van der Waals surface area contributed by atoms with Crippen molar-refractivity contribution in [2.24, 2.45) is 0 Å². The summed E-state index contributed by atoms with van der Waals surface area (Å²) in [5.74, 6) is 0.869. The molecular weight excluding hydrogens is 424 g/mol. The molecule has 3 heterocycles. The Morgan fingerprint density at radius 1 is 1.12 bits per heavy atom. The van der Waals surface area contributed by atoms with E-state index < -0.39 is 6.10 Å². The van der Waals surface area contributed by atoms with Crippen molar-refractivity contribution in [2.45, 2.75) is 75.5 Å². The Morgan fingerprint density at radius 3 is 2.71 bits per heavy atom. The molecule has 0 bridgehead atoms. The number of hydrogen-bond donors (Lipinski definition) is 2. The Balaban J connectivity index is 1.13. The zero-order valence-electron chi connectivity index (χ0n) is 20.0. The van der Waals surface area contributed by atoms with Crippen molar-refractivity contribution >= 4 is 11.7 Å². The molecule has 6 nitrogen and oxygen atoms in total. The van der Waals surface area contributed by atoms with Crippen molar-refractivity contribution in [2.75, 3.05) is 31.5 Å². The van der Waals surface area contributed by atoms with Gasteiger partial charge in [-0.05, 0) is 54.9 Å². The molecule has 1 unspecified atom stereocenters. The lowest BCUT2D eigenvalue weighted by molar-refractivity contribution is 0.0459. The van der Waals surface area contributed by atoms with Gasteiger partial charge < -0.3 is 15.3 Å². The average molecular weight is 461 g/mol. The average Bonchev–Trinajstić information content (AvgIpc) is 3.63. The molecule has 2 aliphatic carbocycles. The number of aliphatic hydroxyl groups excluding tert-OH is 1. The molecule has 1 amide bonds. The van der Waals surface area contributed by atoms with Crippen LogP contribution in [0, 0.1) is 0 Å². The van der Waals surface area contributed by atoms with E-state index in [1.165, 1.54) is 43.2 Å². The molecule has 2 fully saturated rings. The first-order valence-corrected chi connectivity index (χ1v) is 13.1. The van der Waals surface area contributed by atoms with E-state index >= 15 is 0 Å². The Hall–Kier alpha value is -2.44. The molecule has 1 aromatic heterocycles. The van der Waals surface area contributed by atoms with E-state index in [9.17, 15) is 9.90 Å². The standard InChI is InChI=1S/C28H36N4O2/c33-23(17-31-13-10-20-6-4-5-7-21(20)16-31)18-32-19-28(11-12-28)25-15-29-26(14-24(25)27(32)34)30-22-8-2-1-3-9-22/h4-7,14-15,22-23,33H,1-3,8-13,16-19H2,(H,29,30). The van der Waals surface area contributed by atoms with Crippen molar-refractivity contribution in [3.63, 3.8) is 0 Å². The summed E-state index contributed by atoms with van der Waals surface area (Å²) < 4.78 is 0. The van der Waals surface area contributed by atoms with E-state index in [1.807, 2.05) is 17.2 Å². The van der Waals surface area contributed by atoms with Crippen molar-refractivity contribution in [3.8, 4) is 0 Å². The van der Waals surface area contributed by atoms with Crippen molar-refractivity contribution < 1.29 is 9.90 Å². The third-order valence-electron chi connectivity index (χ3n) is 8.41. The summed E-state index contributed by atoms with van der Waals surface area (Å²) in [5.41, 5.74) is 4.72. The van der Waals surface area contributed by atoms with Crippen LogP contribution >= 0.6 is 0 Å². The van der Waals surface area contributed by atoms with Crippen LogP contribution < -0.4 is 5.32 Å². The second-order valence-corrected chi connectivity index (χ2v) is 11.0. The number of nitrogens with one attached hydrogen (secondary N) is 1. The molecule has 2 aromatic rings. The molecule has 6 rings (SSSR count). The molecule has 0 saturated heterocycles. The number of β-amino-alcohol motifs (C(OH)–C–C–N with tert-alkyl or cyclic N) is 1. The van der Waals surface area contributed by atoms with Gasteiger partial charge in [0.1, 0.15) is 5.82 Å². The predicted octanol–water partition coefficient (Wildman–Crippen LogP) is 3.73. The predicted molar refractivity (Wildman–Crippen MR) is 133 cm³/mol. The van der Waals surface area contributed by atoms with Crippen LogP contribution in [-0.2, 0) is 18.4 Å². The number of carbonyl (C=O) groups excluding carboxylic acids is 1. The summed E-state index contributed by atoms with van der Waals surface area (Å²) in [6.45, 7) is 3.52. The molecule has 1 aromatic carbocycles. The maximum Gasteiger partial charge on any atom is 0.254 e. The Bertz CT molecular complexity index is 1060. The summed E-state index contributed by atoms with van der Waals surface area (Å²) in [4.78, 5) is 22.4. The monoisotopic (exact) mass is 460 g/mol. The van der Waals surface area contributed by atoms with E-state index in [0.717, 1.165) is 49.3 Å². The lowest BCUT2D eigenvalue weighted by Crippen LogP contribution is -2.49. The van der Waals surface area contributed by atoms with Crippen LogP contribution in [0.1, 0.15) is 72.0 Å². The quantitative estimate of drug-likeness (QED) is 0.688. The van der Waals surface area contributed by atoms with E-state index in [1.54, 1.807) is 0 Å². The van der Waals surface area contributed by atoms with Crippen molar-refractivity contribution in [1.29, 1.82) is 0 Å². The molecule has 34 heavy (non-hydrogen) atoms. The Morgan fingerprint density at radius 2 is 1.91 bits per heavy atom. The highest BCUT2D eigenvalue weighted by atomic mass is 16.3. The van der Waals surface area contributed by atoms with Crippen LogP contribution in [0.25, 0.3) is 0 Å². The molecule has 1 spiro atoms.